The van der Waals surface area contributed by atoms with Crippen LogP contribution in [0.25, 0.3) is 0 Å². The van der Waals surface area contributed by atoms with E-state index in [1.54, 1.807) is 0 Å². The molecule has 1 unspecified atom stereocenters. The molecule has 4 N–H and O–H groups in total. The van der Waals surface area contributed by atoms with E-state index >= 15 is 0 Å². The van der Waals surface area contributed by atoms with Crippen LogP contribution >= 0.6 is 0 Å². The van der Waals surface area contributed by atoms with Crippen LogP contribution in [0.5, 0.6) is 5.75 Å². The Morgan fingerprint density at radius 1 is 1.47 bits per heavy atom. The second-order valence-corrected chi connectivity index (χ2v) is 5.89. The summed E-state index contributed by atoms with van der Waals surface area (Å²) in [6, 6.07) is 6.08. The lowest BCUT2D eigenvalue weighted by Gasteiger charge is -2.18. The number of fused-ring (bicyclic) bond motifs is 1. The highest BCUT2D eigenvalue weighted by Gasteiger charge is 2.32. The molecule has 0 aromatic heterocycles. The minimum atomic E-state index is -0.268. The monoisotopic (exact) mass is 262 g/mol. The molecular formula is C15H22N2O2. The normalized spacial score (nSPS) is 17.6. The van der Waals surface area contributed by atoms with Gasteiger partial charge >= 0.3 is 0 Å². The van der Waals surface area contributed by atoms with Gasteiger partial charge in [0.15, 0.2) is 0 Å². The molecule has 0 aliphatic carbocycles. The van der Waals surface area contributed by atoms with Crippen LogP contribution in [0.4, 0.5) is 0 Å². The van der Waals surface area contributed by atoms with Gasteiger partial charge in [0.2, 0.25) is 5.91 Å². The molecule has 0 bridgehead atoms. The maximum Gasteiger partial charge on any atom is 0.217 e. The second kappa shape index (κ2) is 5.21. The number of benzene rings is 1. The Balaban J connectivity index is 2.07. The van der Waals surface area contributed by atoms with Crippen molar-refractivity contribution in [2.24, 2.45) is 11.5 Å². The molecule has 1 aliphatic heterocycles. The van der Waals surface area contributed by atoms with Gasteiger partial charge in [-0.3, -0.25) is 4.79 Å². The van der Waals surface area contributed by atoms with Crippen molar-refractivity contribution in [1.82, 2.24) is 0 Å². The number of rotatable bonds is 5. The van der Waals surface area contributed by atoms with Gasteiger partial charge < -0.3 is 16.2 Å². The maximum absolute atomic E-state index is 10.7. The topological polar surface area (TPSA) is 78.3 Å². The zero-order valence-electron chi connectivity index (χ0n) is 11.6. The molecule has 1 aromatic carbocycles. The van der Waals surface area contributed by atoms with E-state index in [0.717, 1.165) is 24.2 Å². The number of hydrogen-bond donors (Lipinski definition) is 2. The molecular weight excluding hydrogens is 240 g/mol. The van der Waals surface area contributed by atoms with Crippen molar-refractivity contribution in [3.63, 3.8) is 0 Å². The number of nitrogens with two attached hydrogens (primary N) is 2. The fraction of sp³-hybridized carbons (Fsp3) is 0.533. The second-order valence-electron chi connectivity index (χ2n) is 5.89. The lowest BCUT2D eigenvalue weighted by Crippen LogP contribution is -2.19. The molecule has 1 amide bonds. The molecule has 1 aromatic rings. The Hall–Kier alpha value is -1.55. The van der Waals surface area contributed by atoms with Crippen LogP contribution in [0.1, 0.15) is 50.3 Å². The third-order valence-corrected chi connectivity index (χ3v) is 3.69. The van der Waals surface area contributed by atoms with Gasteiger partial charge in [-0.1, -0.05) is 19.9 Å². The van der Waals surface area contributed by atoms with Crippen LogP contribution in [0.3, 0.4) is 0 Å². The van der Waals surface area contributed by atoms with Crippen LogP contribution in [-0.4, -0.2) is 12.5 Å². The summed E-state index contributed by atoms with van der Waals surface area (Å²) < 4.78 is 5.66. The zero-order chi connectivity index (χ0) is 14.0. The van der Waals surface area contributed by atoms with Gasteiger partial charge in [-0.25, -0.2) is 0 Å². The van der Waals surface area contributed by atoms with Crippen molar-refractivity contribution in [2.45, 2.75) is 44.6 Å². The van der Waals surface area contributed by atoms with Gasteiger partial charge in [-0.15, -0.1) is 0 Å². The first-order chi connectivity index (χ1) is 8.90. The lowest BCUT2D eigenvalue weighted by molar-refractivity contribution is -0.118. The maximum atomic E-state index is 10.7. The van der Waals surface area contributed by atoms with E-state index in [9.17, 15) is 4.79 Å². The van der Waals surface area contributed by atoms with Gasteiger partial charge in [-0.05, 0) is 30.5 Å². The molecule has 0 saturated heterocycles. The van der Waals surface area contributed by atoms with E-state index in [2.05, 4.69) is 19.9 Å². The summed E-state index contributed by atoms with van der Waals surface area (Å²) >= 11 is 0. The first-order valence-electron chi connectivity index (χ1n) is 6.71. The van der Waals surface area contributed by atoms with Crippen LogP contribution in [0.15, 0.2) is 18.2 Å². The highest BCUT2D eigenvalue weighted by molar-refractivity contribution is 5.73. The van der Waals surface area contributed by atoms with Crippen molar-refractivity contribution in [3.05, 3.63) is 29.3 Å². The van der Waals surface area contributed by atoms with E-state index < -0.39 is 0 Å². The largest absolute Gasteiger partial charge is 0.492 e. The Bertz CT molecular complexity index is 483. The van der Waals surface area contributed by atoms with Crippen molar-refractivity contribution < 1.29 is 9.53 Å². The van der Waals surface area contributed by atoms with Gasteiger partial charge in [0.1, 0.15) is 5.75 Å². The molecule has 4 nitrogen and oxygen atoms in total. The van der Waals surface area contributed by atoms with Crippen LogP contribution < -0.4 is 16.2 Å². The Morgan fingerprint density at radius 3 is 2.89 bits per heavy atom. The predicted molar refractivity (Wildman–Crippen MR) is 74.9 cm³/mol. The predicted octanol–water partition coefficient (Wildman–Crippen LogP) is 2.01. The standard InChI is InChI=1S/C15H22N2O2/c1-15(2)9-19-13-7-6-10(8-11(13)15)12(16)4-3-5-14(17)18/h6-8,12H,3-5,9,16H2,1-2H3,(H2,17,18). The number of carbonyl (C=O) groups is 1. The fourth-order valence-corrected chi connectivity index (χ4v) is 2.43. The summed E-state index contributed by atoms with van der Waals surface area (Å²) in [5.41, 5.74) is 13.7. The number of hydrogen-bond acceptors (Lipinski definition) is 3. The third-order valence-electron chi connectivity index (χ3n) is 3.69. The van der Waals surface area contributed by atoms with Gasteiger partial charge in [0.05, 0.1) is 6.61 Å². The molecule has 4 heteroatoms. The summed E-state index contributed by atoms with van der Waals surface area (Å²) in [5.74, 6) is 0.689. The van der Waals surface area contributed by atoms with Crippen molar-refractivity contribution in [2.75, 3.05) is 6.61 Å². The first-order valence-corrected chi connectivity index (χ1v) is 6.71. The Morgan fingerprint density at radius 2 is 2.21 bits per heavy atom. The molecule has 19 heavy (non-hydrogen) atoms. The van der Waals surface area contributed by atoms with E-state index in [1.165, 1.54) is 5.56 Å². The van der Waals surface area contributed by atoms with Crippen LogP contribution in [0.2, 0.25) is 0 Å². The minimum absolute atomic E-state index is 0.0400. The van der Waals surface area contributed by atoms with E-state index in [4.69, 9.17) is 16.2 Å². The summed E-state index contributed by atoms with van der Waals surface area (Å²) in [6.07, 6.45) is 1.89. The summed E-state index contributed by atoms with van der Waals surface area (Å²) in [4.78, 5) is 10.7. The van der Waals surface area contributed by atoms with Crippen molar-refractivity contribution >= 4 is 5.91 Å². The quantitative estimate of drug-likeness (QED) is 0.852. The molecule has 1 atom stereocenters. The van der Waals surface area contributed by atoms with Crippen molar-refractivity contribution in [1.29, 1.82) is 0 Å². The van der Waals surface area contributed by atoms with Gasteiger partial charge in [-0.2, -0.15) is 0 Å². The molecule has 1 aliphatic rings. The molecule has 0 saturated carbocycles. The Kier molecular flexibility index (Phi) is 3.80. The smallest absolute Gasteiger partial charge is 0.217 e. The lowest BCUT2D eigenvalue weighted by atomic mass is 9.85. The molecule has 0 fully saturated rings. The van der Waals surface area contributed by atoms with Crippen LogP contribution in [0, 0.1) is 0 Å². The number of amides is 1. The molecule has 104 valence electrons. The minimum Gasteiger partial charge on any atom is -0.492 e. The average Bonchev–Trinajstić information content (AvgIpc) is 2.64. The number of carbonyl (C=O) groups excluding carboxylic acids is 1. The fourth-order valence-electron chi connectivity index (χ4n) is 2.43. The summed E-state index contributed by atoms with van der Waals surface area (Å²) in [7, 11) is 0. The van der Waals surface area contributed by atoms with Crippen molar-refractivity contribution in [3.8, 4) is 5.75 Å². The zero-order valence-corrected chi connectivity index (χ0v) is 11.6. The number of primary amides is 1. The third kappa shape index (κ3) is 3.07. The SMILES string of the molecule is CC1(C)COc2ccc(C(N)CCCC(N)=O)cc21. The molecule has 0 spiro atoms. The van der Waals surface area contributed by atoms with E-state index in [-0.39, 0.29) is 17.4 Å². The summed E-state index contributed by atoms with van der Waals surface area (Å²) in [5, 5.41) is 0. The van der Waals surface area contributed by atoms with Crippen LogP contribution in [-0.2, 0) is 10.2 Å². The van der Waals surface area contributed by atoms with E-state index in [0.29, 0.717) is 13.0 Å². The first kappa shape index (κ1) is 13.9. The molecule has 0 radical (unpaired) electrons. The van der Waals surface area contributed by atoms with E-state index in [1.807, 2.05) is 12.1 Å². The number of ether oxygens (including phenoxy) is 1. The molecule has 2 rings (SSSR count). The van der Waals surface area contributed by atoms with Gasteiger partial charge in [0.25, 0.3) is 0 Å². The highest BCUT2D eigenvalue weighted by Crippen LogP contribution is 2.39. The average molecular weight is 262 g/mol. The highest BCUT2D eigenvalue weighted by atomic mass is 16.5. The summed E-state index contributed by atoms with van der Waals surface area (Å²) in [6.45, 7) is 5.05. The molecule has 1 heterocycles. The Labute approximate surface area is 114 Å². The van der Waals surface area contributed by atoms with Gasteiger partial charge in [0, 0.05) is 23.4 Å².